The van der Waals surface area contributed by atoms with Crippen LogP contribution in [-0.2, 0) is 4.74 Å². The molecule has 0 amide bonds. The van der Waals surface area contributed by atoms with Crippen LogP contribution in [-0.4, -0.2) is 41.8 Å². The molecular formula is C17H24FNO2. The number of nitrogens with zero attached hydrogens (tertiary/aromatic N) is 1. The minimum atomic E-state index is -0.595. The molecule has 0 aromatic heterocycles. The summed E-state index contributed by atoms with van der Waals surface area (Å²) in [6.45, 7) is 4.31. The van der Waals surface area contributed by atoms with Crippen LogP contribution in [0, 0.1) is 12.7 Å². The van der Waals surface area contributed by atoms with E-state index >= 15 is 0 Å². The second-order valence-electron chi connectivity index (χ2n) is 6.26. The predicted octanol–water partition coefficient (Wildman–Crippen LogP) is 2.81. The highest BCUT2D eigenvalue weighted by Gasteiger charge is 2.35. The maximum Gasteiger partial charge on any atom is 0.126 e. The first-order valence-corrected chi connectivity index (χ1v) is 7.95. The van der Waals surface area contributed by atoms with Crippen LogP contribution in [0.5, 0.6) is 0 Å². The Morgan fingerprint density at radius 2 is 2.29 bits per heavy atom. The minimum absolute atomic E-state index is 0.242. The summed E-state index contributed by atoms with van der Waals surface area (Å²) in [7, 11) is 0. The first-order chi connectivity index (χ1) is 10.1. The first-order valence-electron chi connectivity index (χ1n) is 7.95. The molecule has 2 fully saturated rings. The molecule has 3 unspecified atom stereocenters. The van der Waals surface area contributed by atoms with Gasteiger partial charge < -0.3 is 9.84 Å². The Morgan fingerprint density at radius 3 is 3.10 bits per heavy atom. The normalized spacial score (nSPS) is 27.6. The molecule has 0 spiro atoms. The standard InChI is InChI=1S/C17H24FNO2/c1-12-5-6-13(11-14(12)18)16(20)7-8-19-9-10-21-17-4-2-3-15(17)19/h5-6,11,15-17,20H,2-4,7-10H2,1H3. The third kappa shape index (κ3) is 3.28. The molecular weight excluding hydrogens is 269 g/mol. The molecule has 2 aliphatic rings. The third-order valence-corrected chi connectivity index (χ3v) is 4.87. The van der Waals surface area contributed by atoms with Crippen molar-refractivity contribution < 1.29 is 14.2 Å². The quantitative estimate of drug-likeness (QED) is 0.926. The van der Waals surface area contributed by atoms with Crippen LogP contribution in [0.2, 0.25) is 0 Å². The molecule has 1 aliphatic carbocycles. The van der Waals surface area contributed by atoms with E-state index in [-0.39, 0.29) is 5.82 Å². The van der Waals surface area contributed by atoms with Crippen LogP contribution in [0.1, 0.15) is 42.9 Å². The fourth-order valence-corrected chi connectivity index (χ4v) is 3.55. The Kier molecular flexibility index (Phi) is 4.57. The van der Waals surface area contributed by atoms with Gasteiger partial charge in [-0.1, -0.05) is 12.1 Å². The summed E-state index contributed by atoms with van der Waals surface area (Å²) < 4.78 is 19.4. The largest absolute Gasteiger partial charge is 0.388 e. The van der Waals surface area contributed by atoms with Crippen molar-refractivity contribution in [1.29, 1.82) is 0 Å². The Labute approximate surface area is 125 Å². The van der Waals surface area contributed by atoms with Gasteiger partial charge in [0.2, 0.25) is 0 Å². The summed E-state index contributed by atoms with van der Waals surface area (Å²) >= 11 is 0. The predicted molar refractivity (Wildman–Crippen MR) is 79.7 cm³/mol. The summed E-state index contributed by atoms with van der Waals surface area (Å²) in [4.78, 5) is 2.44. The highest BCUT2D eigenvalue weighted by molar-refractivity contribution is 5.24. The van der Waals surface area contributed by atoms with Gasteiger partial charge in [0, 0.05) is 19.1 Å². The zero-order valence-corrected chi connectivity index (χ0v) is 12.6. The second-order valence-corrected chi connectivity index (χ2v) is 6.26. The highest BCUT2D eigenvalue weighted by Crippen LogP contribution is 2.30. The summed E-state index contributed by atoms with van der Waals surface area (Å²) in [5, 5.41) is 10.3. The van der Waals surface area contributed by atoms with E-state index in [1.54, 1.807) is 13.0 Å². The topological polar surface area (TPSA) is 32.7 Å². The lowest BCUT2D eigenvalue weighted by Crippen LogP contribution is -2.48. The van der Waals surface area contributed by atoms with Gasteiger partial charge in [0.15, 0.2) is 0 Å². The molecule has 21 heavy (non-hydrogen) atoms. The van der Waals surface area contributed by atoms with Crippen LogP contribution in [0.25, 0.3) is 0 Å². The van der Waals surface area contributed by atoms with E-state index in [9.17, 15) is 9.50 Å². The lowest BCUT2D eigenvalue weighted by molar-refractivity contribution is -0.0587. The van der Waals surface area contributed by atoms with Gasteiger partial charge in [0.1, 0.15) is 5.82 Å². The Balaban J connectivity index is 1.57. The molecule has 1 aliphatic heterocycles. The maximum absolute atomic E-state index is 13.6. The first kappa shape index (κ1) is 14.9. The number of benzene rings is 1. The van der Waals surface area contributed by atoms with Gasteiger partial charge >= 0.3 is 0 Å². The molecule has 1 N–H and O–H groups in total. The third-order valence-electron chi connectivity index (χ3n) is 4.87. The van der Waals surface area contributed by atoms with Crippen molar-refractivity contribution in [2.75, 3.05) is 19.7 Å². The molecule has 0 radical (unpaired) electrons. The van der Waals surface area contributed by atoms with E-state index in [1.807, 2.05) is 6.07 Å². The van der Waals surface area contributed by atoms with Gasteiger partial charge in [-0.05, 0) is 49.8 Å². The van der Waals surface area contributed by atoms with E-state index < -0.39 is 6.10 Å². The Morgan fingerprint density at radius 1 is 1.43 bits per heavy atom. The molecule has 4 heteroatoms. The number of rotatable bonds is 4. The van der Waals surface area contributed by atoms with Crippen molar-refractivity contribution in [3.8, 4) is 0 Å². The van der Waals surface area contributed by atoms with E-state index in [0.717, 1.165) is 26.1 Å². The van der Waals surface area contributed by atoms with Crippen LogP contribution in [0.3, 0.4) is 0 Å². The molecule has 3 nitrogen and oxygen atoms in total. The lowest BCUT2D eigenvalue weighted by atomic mass is 10.0. The molecule has 1 saturated carbocycles. The number of morpholine rings is 1. The number of aliphatic hydroxyl groups is 1. The zero-order chi connectivity index (χ0) is 14.8. The minimum Gasteiger partial charge on any atom is -0.388 e. The lowest BCUT2D eigenvalue weighted by Gasteiger charge is -2.38. The molecule has 1 heterocycles. The molecule has 116 valence electrons. The van der Waals surface area contributed by atoms with Crippen molar-refractivity contribution >= 4 is 0 Å². The molecule has 1 aromatic rings. The van der Waals surface area contributed by atoms with Gasteiger partial charge in [0.25, 0.3) is 0 Å². The van der Waals surface area contributed by atoms with Crippen molar-refractivity contribution in [2.45, 2.75) is 50.9 Å². The average molecular weight is 293 g/mol. The van der Waals surface area contributed by atoms with Gasteiger partial charge in [-0.2, -0.15) is 0 Å². The van der Waals surface area contributed by atoms with Gasteiger partial charge in [-0.15, -0.1) is 0 Å². The summed E-state index contributed by atoms with van der Waals surface area (Å²) in [6, 6.07) is 5.52. The van der Waals surface area contributed by atoms with Crippen molar-refractivity contribution in [2.24, 2.45) is 0 Å². The van der Waals surface area contributed by atoms with Crippen LogP contribution in [0.15, 0.2) is 18.2 Å². The van der Waals surface area contributed by atoms with E-state index in [0.29, 0.717) is 29.7 Å². The van der Waals surface area contributed by atoms with Crippen molar-refractivity contribution in [3.63, 3.8) is 0 Å². The highest BCUT2D eigenvalue weighted by atomic mass is 19.1. The monoisotopic (exact) mass is 293 g/mol. The molecule has 3 atom stereocenters. The fourth-order valence-electron chi connectivity index (χ4n) is 3.55. The molecule has 1 aromatic carbocycles. The van der Waals surface area contributed by atoms with Gasteiger partial charge in [0.05, 0.1) is 18.8 Å². The number of hydrogen-bond donors (Lipinski definition) is 1. The van der Waals surface area contributed by atoms with E-state index in [1.165, 1.54) is 18.9 Å². The Hall–Kier alpha value is -0.970. The maximum atomic E-state index is 13.6. The zero-order valence-electron chi connectivity index (χ0n) is 12.6. The smallest absolute Gasteiger partial charge is 0.126 e. The molecule has 1 saturated heterocycles. The van der Waals surface area contributed by atoms with Crippen LogP contribution in [0.4, 0.5) is 4.39 Å². The number of fused-ring (bicyclic) bond motifs is 1. The van der Waals surface area contributed by atoms with E-state index in [2.05, 4.69) is 4.90 Å². The summed E-state index contributed by atoms with van der Waals surface area (Å²) in [6.07, 6.45) is 4.02. The van der Waals surface area contributed by atoms with E-state index in [4.69, 9.17) is 4.74 Å². The number of aryl methyl sites for hydroxylation is 1. The van der Waals surface area contributed by atoms with Crippen LogP contribution < -0.4 is 0 Å². The SMILES string of the molecule is Cc1ccc(C(O)CCN2CCOC3CCCC32)cc1F. The van der Waals surface area contributed by atoms with Gasteiger partial charge in [-0.3, -0.25) is 4.90 Å². The Bertz CT molecular complexity index is 494. The second kappa shape index (κ2) is 6.42. The van der Waals surface area contributed by atoms with Gasteiger partial charge in [-0.25, -0.2) is 4.39 Å². The average Bonchev–Trinajstić information content (AvgIpc) is 2.96. The van der Waals surface area contributed by atoms with Crippen molar-refractivity contribution in [1.82, 2.24) is 4.90 Å². The summed E-state index contributed by atoms with van der Waals surface area (Å²) in [5.41, 5.74) is 1.29. The number of halogens is 1. The number of aliphatic hydroxyl groups excluding tert-OH is 1. The van der Waals surface area contributed by atoms with Crippen LogP contribution >= 0.6 is 0 Å². The number of hydrogen-bond acceptors (Lipinski definition) is 3. The fraction of sp³-hybridized carbons (Fsp3) is 0.647. The number of ether oxygens (including phenoxy) is 1. The van der Waals surface area contributed by atoms with Crippen molar-refractivity contribution in [3.05, 3.63) is 35.1 Å². The summed E-state index contributed by atoms with van der Waals surface area (Å²) in [5.74, 6) is -0.242. The molecule has 0 bridgehead atoms. The molecule has 3 rings (SSSR count).